The molecule has 0 unspecified atom stereocenters. The maximum atomic E-state index is 12.2. The summed E-state index contributed by atoms with van der Waals surface area (Å²) in [4.78, 5) is 11.4. The largest absolute Gasteiger partial charge is 0.444 e. The molecule has 0 spiro atoms. The van der Waals surface area contributed by atoms with Gasteiger partial charge in [-0.2, -0.15) is 8.78 Å². The molecule has 1 aromatic rings. The predicted octanol–water partition coefficient (Wildman–Crippen LogP) is 3.55. The van der Waals surface area contributed by atoms with Crippen LogP contribution < -0.4 is 10.1 Å². The summed E-state index contributed by atoms with van der Waals surface area (Å²) in [6.45, 7) is 2.72. The van der Waals surface area contributed by atoms with Crippen molar-refractivity contribution in [2.24, 2.45) is 0 Å². The molecular formula is C16H19F2NO3. The molecular weight excluding hydrogens is 292 g/mol. The molecule has 0 bridgehead atoms. The molecule has 0 atom stereocenters. The van der Waals surface area contributed by atoms with E-state index in [2.05, 4.69) is 21.9 Å². The summed E-state index contributed by atoms with van der Waals surface area (Å²) < 4.78 is 33.9. The topological polar surface area (TPSA) is 47.6 Å². The number of alkyl halides is 2. The van der Waals surface area contributed by atoms with Crippen LogP contribution >= 0.6 is 0 Å². The van der Waals surface area contributed by atoms with E-state index in [0.29, 0.717) is 18.5 Å². The minimum absolute atomic E-state index is 0.0325. The molecule has 0 saturated heterocycles. The first kappa shape index (κ1) is 17.8. The van der Waals surface area contributed by atoms with Gasteiger partial charge in [0.05, 0.1) is 5.56 Å². The summed E-state index contributed by atoms with van der Waals surface area (Å²) in [6.07, 6.45) is -0.154. The van der Waals surface area contributed by atoms with Crippen LogP contribution in [0.4, 0.5) is 13.6 Å². The highest BCUT2D eigenvalue weighted by atomic mass is 19.3. The van der Waals surface area contributed by atoms with E-state index in [4.69, 9.17) is 4.74 Å². The number of nitrogens with one attached hydrogen (secondary N) is 1. The standard InChI is InChI=1S/C16H19F2NO3/c1-16(2,3)22-15(20)19-11-7-6-9-12-8-4-5-10-13(12)21-14(17)18/h4-5,8,10,14H,7,11H2,1-3H3,(H,19,20). The van der Waals surface area contributed by atoms with Crippen molar-refractivity contribution in [2.45, 2.75) is 39.4 Å². The second kappa shape index (κ2) is 8.23. The summed E-state index contributed by atoms with van der Waals surface area (Å²) >= 11 is 0. The molecule has 4 nitrogen and oxygen atoms in total. The van der Waals surface area contributed by atoms with Crippen molar-refractivity contribution in [3.63, 3.8) is 0 Å². The second-order valence-corrected chi connectivity index (χ2v) is 5.36. The molecule has 1 amide bonds. The van der Waals surface area contributed by atoms with Gasteiger partial charge in [0.2, 0.25) is 0 Å². The molecule has 1 aromatic carbocycles. The monoisotopic (exact) mass is 311 g/mol. The number of halogens is 2. The summed E-state index contributed by atoms with van der Waals surface area (Å²) in [7, 11) is 0. The van der Waals surface area contributed by atoms with Gasteiger partial charge in [-0.15, -0.1) is 0 Å². The van der Waals surface area contributed by atoms with Crippen LogP contribution in [0.2, 0.25) is 0 Å². The smallest absolute Gasteiger partial charge is 0.407 e. The molecule has 0 aliphatic carbocycles. The molecule has 0 aliphatic rings. The van der Waals surface area contributed by atoms with Gasteiger partial charge in [0.1, 0.15) is 11.4 Å². The molecule has 22 heavy (non-hydrogen) atoms. The van der Waals surface area contributed by atoms with Crippen molar-refractivity contribution in [1.29, 1.82) is 0 Å². The molecule has 0 radical (unpaired) electrons. The van der Waals surface area contributed by atoms with E-state index in [9.17, 15) is 13.6 Å². The van der Waals surface area contributed by atoms with Crippen LogP contribution in [0.25, 0.3) is 0 Å². The average Bonchev–Trinajstić information content (AvgIpc) is 2.37. The Kier molecular flexibility index (Phi) is 6.64. The maximum absolute atomic E-state index is 12.2. The fourth-order valence-electron chi connectivity index (χ4n) is 1.47. The van der Waals surface area contributed by atoms with Crippen molar-refractivity contribution in [3.8, 4) is 17.6 Å². The fourth-order valence-corrected chi connectivity index (χ4v) is 1.47. The molecule has 6 heteroatoms. The highest BCUT2D eigenvalue weighted by Gasteiger charge is 2.15. The first-order valence-corrected chi connectivity index (χ1v) is 6.77. The Morgan fingerprint density at radius 2 is 2.00 bits per heavy atom. The van der Waals surface area contributed by atoms with Crippen LogP contribution in [0.15, 0.2) is 24.3 Å². The Bertz CT molecular complexity index is 556. The molecule has 120 valence electrons. The molecule has 1 N–H and O–H groups in total. The van der Waals surface area contributed by atoms with Crippen molar-refractivity contribution in [2.75, 3.05) is 6.54 Å². The van der Waals surface area contributed by atoms with Gasteiger partial charge in [0.15, 0.2) is 0 Å². The SMILES string of the molecule is CC(C)(C)OC(=O)NCCC#Cc1ccccc1OC(F)F. The van der Waals surface area contributed by atoms with Crippen LogP contribution in [0.5, 0.6) is 5.75 Å². The first-order valence-electron chi connectivity index (χ1n) is 6.77. The van der Waals surface area contributed by atoms with Crippen molar-refractivity contribution in [1.82, 2.24) is 5.32 Å². The van der Waals surface area contributed by atoms with Crippen molar-refractivity contribution in [3.05, 3.63) is 29.8 Å². The fraction of sp³-hybridized carbons (Fsp3) is 0.438. The Balaban J connectivity index is 2.47. The van der Waals surface area contributed by atoms with Gasteiger partial charge in [0.25, 0.3) is 0 Å². The average molecular weight is 311 g/mol. The quantitative estimate of drug-likeness (QED) is 0.683. The number of carbonyl (C=O) groups excluding carboxylic acids is 1. The zero-order valence-electron chi connectivity index (χ0n) is 12.8. The van der Waals surface area contributed by atoms with Gasteiger partial charge >= 0.3 is 12.7 Å². The zero-order chi connectivity index (χ0) is 16.6. The Morgan fingerprint density at radius 1 is 1.32 bits per heavy atom. The number of alkyl carbamates (subject to hydrolysis) is 1. The summed E-state index contributed by atoms with van der Waals surface area (Å²) in [5.74, 6) is 5.56. The summed E-state index contributed by atoms with van der Waals surface area (Å²) in [5.41, 5.74) is -0.179. The Morgan fingerprint density at radius 3 is 2.64 bits per heavy atom. The summed E-state index contributed by atoms with van der Waals surface area (Å²) in [6, 6.07) is 6.29. The number of rotatable bonds is 4. The minimum atomic E-state index is -2.89. The molecule has 1 rings (SSSR count). The lowest BCUT2D eigenvalue weighted by molar-refractivity contribution is -0.0500. The van der Waals surface area contributed by atoms with Crippen LogP contribution in [-0.2, 0) is 4.74 Å². The highest BCUT2D eigenvalue weighted by Crippen LogP contribution is 2.18. The number of para-hydroxylation sites is 1. The van der Waals surface area contributed by atoms with Gasteiger partial charge in [-0.05, 0) is 32.9 Å². The lowest BCUT2D eigenvalue weighted by atomic mass is 10.2. The van der Waals surface area contributed by atoms with Crippen molar-refractivity contribution >= 4 is 6.09 Å². The van der Waals surface area contributed by atoms with E-state index < -0.39 is 18.3 Å². The van der Waals surface area contributed by atoms with E-state index in [1.807, 2.05) is 0 Å². The molecule has 0 aromatic heterocycles. The molecule has 0 fully saturated rings. The summed E-state index contributed by atoms with van der Waals surface area (Å²) in [5, 5.41) is 2.56. The Hall–Kier alpha value is -2.29. The highest BCUT2D eigenvalue weighted by molar-refractivity contribution is 5.67. The molecule has 0 heterocycles. The van der Waals surface area contributed by atoms with Gasteiger partial charge in [0, 0.05) is 13.0 Å². The van der Waals surface area contributed by atoms with E-state index >= 15 is 0 Å². The molecule has 0 saturated carbocycles. The normalized spacial score (nSPS) is 10.6. The van der Waals surface area contributed by atoms with Gasteiger partial charge in [-0.3, -0.25) is 0 Å². The van der Waals surface area contributed by atoms with Crippen LogP contribution in [0, 0.1) is 11.8 Å². The van der Waals surface area contributed by atoms with Crippen LogP contribution in [0.3, 0.4) is 0 Å². The predicted molar refractivity (Wildman–Crippen MR) is 78.8 cm³/mol. The minimum Gasteiger partial charge on any atom is -0.444 e. The lowest BCUT2D eigenvalue weighted by Gasteiger charge is -2.19. The van der Waals surface area contributed by atoms with Gasteiger partial charge in [-0.25, -0.2) is 4.79 Å². The Labute approximate surface area is 128 Å². The number of benzene rings is 1. The van der Waals surface area contributed by atoms with Crippen LogP contribution in [0.1, 0.15) is 32.8 Å². The number of hydrogen-bond acceptors (Lipinski definition) is 3. The second-order valence-electron chi connectivity index (χ2n) is 5.36. The van der Waals surface area contributed by atoms with E-state index in [1.54, 1.807) is 39.0 Å². The third-order valence-electron chi connectivity index (χ3n) is 2.24. The van der Waals surface area contributed by atoms with Gasteiger partial charge in [-0.1, -0.05) is 24.0 Å². The van der Waals surface area contributed by atoms with E-state index in [-0.39, 0.29) is 5.75 Å². The molecule has 0 aliphatic heterocycles. The van der Waals surface area contributed by atoms with Gasteiger partial charge < -0.3 is 14.8 Å². The number of ether oxygens (including phenoxy) is 2. The number of hydrogen-bond donors (Lipinski definition) is 1. The third-order valence-corrected chi connectivity index (χ3v) is 2.24. The van der Waals surface area contributed by atoms with Crippen molar-refractivity contribution < 1.29 is 23.0 Å². The van der Waals surface area contributed by atoms with Crippen LogP contribution in [-0.4, -0.2) is 24.9 Å². The third kappa shape index (κ3) is 7.48. The number of carbonyl (C=O) groups is 1. The zero-order valence-corrected chi connectivity index (χ0v) is 12.8. The van der Waals surface area contributed by atoms with E-state index in [1.165, 1.54) is 6.07 Å². The van der Waals surface area contributed by atoms with E-state index in [0.717, 1.165) is 0 Å². The number of amides is 1. The maximum Gasteiger partial charge on any atom is 0.407 e. The lowest BCUT2D eigenvalue weighted by Crippen LogP contribution is -2.32. The first-order chi connectivity index (χ1) is 10.3.